The normalized spacial score (nSPS) is 27.5. The Hall–Kier alpha value is -0.860. The number of hydrogen-bond acceptors (Lipinski definition) is 2. The summed E-state index contributed by atoms with van der Waals surface area (Å²) in [5.74, 6) is 0.558. The van der Waals surface area contributed by atoms with Gasteiger partial charge >= 0.3 is 0 Å². The van der Waals surface area contributed by atoms with Gasteiger partial charge in [0.1, 0.15) is 0 Å². The van der Waals surface area contributed by atoms with E-state index in [1.165, 1.54) is 12.0 Å². The number of hydrogen-bond donors (Lipinski definition) is 1. The molecule has 2 rings (SSSR count). The maximum atomic E-state index is 5.50. The molecule has 0 bridgehead atoms. The lowest BCUT2D eigenvalue weighted by molar-refractivity contribution is 0.0625. The lowest BCUT2D eigenvalue weighted by Gasteiger charge is -2.31. The topological polar surface area (TPSA) is 21.3 Å². The molecule has 1 N–H and O–H groups in total. The average molecular weight is 191 g/mol. The summed E-state index contributed by atoms with van der Waals surface area (Å²) in [6.07, 6.45) is 1.49. The molecule has 2 nitrogen and oxygen atoms in total. The molecule has 0 saturated carbocycles. The monoisotopic (exact) mass is 191 g/mol. The molecule has 1 aliphatic rings. The zero-order chi connectivity index (χ0) is 9.80. The van der Waals surface area contributed by atoms with Gasteiger partial charge in [-0.1, -0.05) is 30.3 Å². The highest BCUT2D eigenvalue weighted by molar-refractivity contribution is 5.21. The summed E-state index contributed by atoms with van der Waals surface area (Å²) < 4.78 is 5.50. The standard InChI is InChI=1S/C12H17NO/c1-14-12-9-13-8-7-11(12)10-5-3-2-4-6-10/h2-6,11-13H,7-9H2,1H3/t11-,12+/m0/s1. The first-order chi connectivity index (χ1) is 6.92. The summed E-state index contributed by atoms with van der Waals surface area (Å²) in [5, 5.41) is 3.36. The predicted octanol–water partition coefficient (Wildman–Crippen LogP) is 1.78. The predicted molar refractivity (Wildman–Crippen MR) is 57.5 cm³/mol. The molecule has 14 heavy (non-hydrogen) atoms. The molecule has 0 aliphatic carbocycles. The van der Waals surface area contributed by atoms with Crippen LogP contribution >= 0.6 is 0 Å². The number of benzene rings is 1. The Morgan fingerprint density at radius 1 is 1.29 bits per heavy atom. The van der Waals surface area contributed by atoms with Crippen LogP contribution in [-0.4, -0.2) is 26.3 Å². The van der Waals surface area contributed by atoms with E-state index in [4.69, 9.17) is 4.74 Å². The first-order valence-corrected chi connectivity index (χ1v) is 5.20. The number of ether oxygens (including phenoxy) is 1. The number of nitrogens with one attached hydrogen (secondary N) is 1. The molecule has 0 unspecified atom stereocenters. The van der Waals surface area contributed by atoms with E-state index in [1.807, 2.05) is 0 Å². The van der Waals surface area contributed by atoms with Gasteiger partial charge in [0.15, 0.2) is 0 Å². The van der Waals surface area contributed by atoms with Crippen LogP contribution in [0.25, 0.3) is 0 Å². The van der Waals surface area contributed by atoms with E-state index < -0.39 is 0 Å². The Morgan fingerprint density at radius 2 is 2.07 bits per heavy atom. The lowest BCUT2D eigenvalue weighted by Crippen LogP contribution is -2.40. The van der Waals surface area contributed by atoms with Crippen LogP contribution in [0.3, 0.4) is 0 Å². The van der Waals surface area contributed by atoms with E-state index in [-0.39, 0.29) is 0 Å². The van der Waals surface area contributed by atoms with E-state index in [9.17, 15) is 0 Å². The Labute approximate surface area is 85.3 Å². The first-order valence-electron chi connectivity index (χ1n) is 5.20. The molecule has 1 fully saturated rings. The molecular formula is C12H17NO. The van der Waals surface area contributed by atoms with E-state index in [2.05, 4.69) is 35.6 Å². The Bertz CT molecular complexity index is 273. The van der Waals surface area contributed by atoms with Crippen molar-refractivity contribution in [1.29, 1.82) is 0 Å². The number of piperidine rings is 1. The molecule has 1 aromatic rings. The van der Waals surface area contributed by atoms with Crippen molar-refractivity contribution in [2.75, 3.05) is 20.2 Å². The van der Waals surface area contributed by atoms with Crippen LogP contribution < -0.4 is 5.32 Å². The molecule has 1 saturated heterocycles. The third kappa shape index (κ3) is 1.97. The van der Waals surface area contributed by atoms with Crippen LogP contribution in [0.5, 0.6) is 0 Å². The van der Waals surface area contributed by atoms with E-state index in [0.29, 0.717) is 12.0 Å². The summed E-state index contributed by atoms with van der Waals surface area (Å²) in [6.45, 7) is 2.06. The second-order valence-corrected chi connectivity index (χ2v) is 3.78. The van der Waals surface area contributed by atoms with Gasteiger partial charge in [-0.15, -0.1) is 0 Å². The maximum absolute atomic E-state index is 5.50. The lowest BCUT2D eigenvalue weighted by atomic mass is 9.88. The van der Waals surface area contributed by atoms with Crippen LogP contribution in [0, 0.1) is 0 Å². The minimum atomic E-state index is 0.325. The zero-order valence-corrected chi connectivity index (χ0v) is 8.57. The Morgan fingerprint density at radius 3 is 2.79 bits per heavy atom. The van der Waals surface area contributed by atoms with E-state index in [0.717, 1.165) is 13.1 Å². The van der Waals surface area contributed by atoms with Crippen LogP contribution in [0.15, 0.2) is 30.3 Å². The average Bonchev–Trinajstić information content (AvgIpc) is 2.30. The van der Waals surface area contributed by atoms with Crippen molar-refractivity contribution in [1.82, 2.24) is 5.32 Å². The molecule has 2 heteroatoms. The van der Waals surface area contributed by atoms with Crippen molar-refractivity contribution in [3.63, 3.8) is 0 Å². The van der Waals surface area contributed by atoms with Gasteiger partial charge in [-0.2, -0.15) is 0 Å². The third-order valence-corrected chi connectivity index (χ3v) is 2.96. The second kappa shape index (κ2) is 4.58. The van der Waals surface area contributed by atoms with Gasteiger partial charge in [0.05, 0.1) is 6.10 Å². The molecule has 2 atom stereocenters. The van der Waals surface area contributed by atoms with Crippen LogP contribution in [0.4, 0.5) is 0 Å². The van der Waals surface area contributed by atoms with E-state index >= 15 is 0 Å². The van der Waals surface area contributed by atoms with Gasteiger partial charge in [-0.05, 0) is 18.5 Å². The molecular weight excluding hydrogens is 174 g/mol. The highest BCUT2D eigenvalue weighted by atomic mass is 16.5. The van der Waals surface area contributed by atoms with Gasteiger partial charge in [0.25, 0.3) is 0 Å². The SMILES string of the molecule is CO[C@@H]1CNCC[C@H]1c1ccccc1. The summed E-state index contributed by atoms with van der Waals surface area (Å²) in [6, 6.07) is 10.7. The summed E-state index contributed by atoms with van der Waals surface area (Å²) in [5.41, 5.74) is 1.40. The zero-order valence-electron chi connectivity index (χ0n) is 8.57. The van der Waals surface area contributed by atoms with Gasteiger partial charge in [0, 0.05) is 19.6 Å². The molecule has 0 aromatic heterocycles. The van der Waals surface area contributed by atoms with Crippen molar-refractivity contribution in [3.05, 3.63) is 35.9 Å². The minimum absolute atomic E-state index is 0.325. The van der Waals surface area contributed by atoms with E-state index in [1.54, 1.807) is 7.11 Å². The Balaban J connectivity index is 2.15. The number of methoxy groups -OCH3 is 1. The molecule has 1 aromatic carbocycles. The molecule has 76 valence electrons. The molecule has 0 spiro atoms. The first kappa shape index (κ1) is 9.69. The van der Waals surface area contributed by atoms with Gasteiger partial charge in [-0.25, -0.2) is 0 Å². The smallest absolute Gasteiger partial charge is 0.0764 e. The number of rotatable bonds is 2. The third-order valence-electron chi connectivity index (χ3n) is 2.96. The Kier molecular flexibility index (Phi) is 3.17. The quantitative estimate of drug-likeness (QED) is 0.769. The van der Waals surface area contributed by atoms with Crippen molar-refractivity contribution in [2.45, 2.75) is 18.4 Å². The van der Waals surface area contributed by atoms with Crippen LogP contribution in [-0.2, 0) is 4.74 Å². The second-order valence-electron chi connectivity index (χ2n) is 3.78. The molecule has 0 amide bonds. The highest BCUT2D eigenvalue weighted by Gasteiger charge is 2.25. The maximum Gasteiger partial charge on any atom is 0.0764 e. The van der Waals surface area contributed by atoms with Crippen molar-refractivity contribution in [3.8, 4) is 0 Å². The van der Waals surface area contributed by atoms with Crippen molar-refractivity contribution >= 4 is 0 Å². The summed E-state index contributed by atoms with van der Waals surface area (Å²) in [7, 11) is 1.80. The van der Waals surface area contributed by atoms with Gasteiger partial charge < -0.3 is 10.1 Å². The van der Waals surface area contributed by atoms with Gasteiger partial charge in [-0.3, -0.25) is 0 Å². The molecule has 0 radical (unpaired) electrons. The molecule has 1 heterocycles. The minimum Gasteiger partial charge on any atom is -0.379 e. The largest absolute Gasteiger partial charge is 0.379 e. The fourth-order valence-corrected chi connectivity index (χ4v) is 2.16. The van der Waals surface area contributed by atoms with Crippen LogP contribution in [0.1, 0.15) is 17.9 Å². The summed E-state index contributed by atoms with van der Waals surface area (Å²) in [4.78, 5) is 0. The van der Waals surface area contributed by atoms with Crippen LogP contribution in [0.2, 0.25) is 0 Å². The van der Waals surface area contributed by atoms with Crippen molar-refractivity contribution < 1.29 is 4.74 Å². The van der Waals surface area contributed by atoms with Gasteiger partial charge in [0.2, 0.25) is 0 Å². The fourth-order valence-electron chi connectivity index (χ4n) is 2.16. The molecule has 1 aliphatic heterocycles. The van der Waals surface area contributed by atoms with Crippen molar-refractivity contribution in [2.24, 2.45) is 0 Å². The fraction of sp³-hybridized carbons (Fsp3) is 0.500. The highest BCUT2D eigenvalue weighted by Crippen LogP contribution is 2.26. The summed E-state index contributed by atoms with van der Waals surface area (Å²) >= 11 is 0.